The number of hydrogen-bond donors (Lipinski definition) is 2. The molecule has 31 heavy (non-hydrogen) atoms. The summed E-state index contributed by atoms with van der Waals surface area (Å²) in [5.41, 5.74) is 8.27. The van der Waals surface area contributed by atoms with Crippen LogP contribution in [-0.4, -0.2) is 34.0 Å². The fourth-order valence-electron chi connectivity index (χ4n) is 4.60. The Kier molecular flexibility index (Phi) is 4.18. The number of primary amides is 1. The van der Waals surface area contributed by atoms with E-state index in [-0.39, 0.29) is 24.8 Å². The zero-order valence-corrected chi connectivity index (χ0v) is 17.0. The molecule has 0 saturated carbocycles. The van der Waals surface area contributed by atoms with Crippen LogP contribution in [0.1, 0.15) is 28.7 Å². The van der Waals surface area contributed by atoms with Gasteiger partial charge in [-0.2, -0.15) is 5.10 Å². The molecule has 1 atom stereocenters. The maximum atomic E-state index is 13.7. The van der Waals surface area contributed by atoms with E-state index in [0.717, 1.165) is 11.1 Å². The average Bonchev–Trinajstić information content (AvgIpc) is 3.23. The normalized spacial score (nSPS) is 19.3. The molecule has 3 N–H and O–H groups in total. The van der Waals surface area contributed by atoms with Crippen LogP contribution in [0.25, 0.3) is 0 Å². The molecule has 2 aliphatic heterocycles. The second-order valence-electron chi connectivity index (χ2n) is 8.06. The van der Waals surface area contributed by atoms with Crippen molar-refractivity contribution in [1.29, 1.82) is 0 Å². The SMILES string of the molecule is Cc1ccc(Cn2ncc3c2NC(=O)C[C@@]32C(=O)N(CC(N)=O)c3ccccc32)cc1. The highest BCUT2D eigenvalue weighted by Gasteiger charge is 2.57. The van der Waals surface area contributed by atoms with E-state index in [0.29, 0.717) is 29.2 Å². The number of benzene rings is 2. The molecule has 1 spiro atoms. The van der Waals surface area contributed by atoms with E-state index in [9.17, 15) is 14.4 Å². The van der Waals surface area contributed by atoms with E-state index in [2.05, 4.69) is 10.4 Å². The maximum absolute atomic E-state index is 13.7. The summed E-state index contributed by atoms with van der Waals surface area (Å²) < 4.78 is 1.70. The standard InChI is InChI=1S/C23H21N5O3/c1-14-6-8-15(9-7-14)12-28-21-17(11-25-28)23(10-20(30)26-21)16-4-2-3-5-18(16)27(22(23)31)13-19(24)29/h2-9,11H,10,12-13H2,1H3,(H2,24,29)(H,26,30)/t23-/m0/s1. The van der Waals surface area contributed by atoms with Crippen molar-refractivity contribution in [3.8, 4) is 0 Å². The molecule has 156 valence electrons. The molecule has 3 amide bonds. The molecule has 2 aliphatic rings. The molecule has 5 rings (SSSR count). The number of anilines is 2. The molecule has 8 heteroatoms. The summed E-state index contributed by atoms with van der Waals surface area (Å²) in [5.74, 6) is -0.725. The van der Waals surface area contributed by atoms with Gasteiger partial charge in [0.15, 0.2) is 0 Å². The molecule has 0 unspecified atom stereocenters. The van der Waals surface area contributed by atoms with Crippen molar-refractivity contribution < 1.29 is 14.4 Å². The minimum Gasteiger partial charge on any atom is -0.368 e. The van der Waals surface area contributed by atoms with Crippen LogP contribution in [0.15, 0.2) is 54.7 Å². The number of nitrogens with zero attached hydrogens (tertiary/aromatic N) is 3. The first-order chi connectivity index (χ1) is 14.9. The molecule has 8 nitrogen and oxygen atoms in total. The van der Waals surface area contributed by atoms with Crippen LogP contribution in [0.2, 0.25) is 0 Å². The van der Waals surface area contributed by atoms with E-state index in [1.165, 1.54) is 4.90 Å². The molecular weight excluding hydrogens is 394 g/mol. The van der Waals surface area contributed by atoms with E-state index in [1.807, 2.05) is 43.3 Å². The van der Waals surface area contributed by atoms with E-state index >= 15 is 0 Å². The molecule has 0 aliphatic carbocycles. The summed E-state index contributed by atoms with van der Waals surface area (Å²) in [5, 5.41) is 7.40. The predicted octanol–water partition coefficient (Wildman–Crippen LogP) is 1.70. The molecule has 0 saturated heterocycles. The zero-order valence-electron chi connectivity index (χ0n) is 17.0. The minimum absolute atomic E-state index is 0.0542. The number of aryl methyl sites for hydroxylation is 1. The fourth-order valence-corrected chi connectivity index (χ4v) is 4.60. The highest BCUT2D eigenvalue weighted by Crippen LogP contribution is 2.52. The van der Waals surface area contributed by atoms with Crippen molar-refractivity contribution in [3.05, 3.63) is 77.0 Å². The Bertz CT molecular complexity index is 1230. The lowest BCUT2D eigenvalue weighted by Gasteiger charge is -2.32. The van der Waals surface area contributed by atoms with E-state index in [1.54, 1.807) is 23.0 Å². The smallest absolute Gasteiger partial charge is 0.243 e. The number of hydrogen-bond acceptors (Lipinski definition) is 4. The molecule has 0 radical (unpaired) electrons. The Hall–Kier alpha value is -3.94. The molecular formula is C23H21N5O3. The predicted molar refractivity (Wildman–Crippen MR) is 115 cm³/mol. The number of nitrogens with one attached hydrogen (secondary N) is 1. The molecule has 0 fully saturated rings. The molecule has 3 aromatic rings. The van der Waals surface area contributed by atoms with Gasteiger partial charge in [-0.25, -0.2) is 4.68 Å². The van der Waals surface area contributed by atoms with Gasteiger partial charge in [0.05, 0.1) is 12.7 Å². The highest BCUT2D eigenvalue weighted by atomic mass is 16.2. The lowest BCUT2D eigenvalue weighted by Crippen LogP contribution is -2.48. The Labute approximate surface area is 178 Å². The van der Waals surface area contributed by atoms with Gasteiger partial charge in [-0.15, -0.1) is 0 Å². The van der Waals surface area contributed by atoms with Gasteiger partial charge in [0, 0.05) is 17.7 Å². The van der Waals surface area contributed by atoms with Crippen molar-refractivity contribution in [2.45, 2.75) is 25.3 Å². The van der Waals surface area contributed by atoms with E-state index < -0.39 is 11.3 Å². The first kappa shape index (κ1) is 19.0. The summed E-state index contributed by atoms with van der Waals surface area (Å²) in [6.45, 7) is 2.23. The van der Waals surface area contributed by atoms with Gasteiger partial charge < -0.3 is 16.0 Å². The fraction of sp³-hybridized carbons (Fsp3) is 0.217. The summed E-state index contributed by atoms with van der Waals surface area (Å²) in [6, 6.07) is 15.3. The summed E-state index contributed by atoms with van der Waals surface area (Å²) >= 11 is 0. The van der Waals surface area contributed by atoms with Crippen LogP contribution in [0.4, 0.5) is 11.5 Å². The van der Waals surface area contributed by atoms with Crippen molar-refractivity contribution in [2.24, 2.45) is 5.73 Å². The van der Waals surface area contributed by atoms with Crippen LogP contribution in [0.5, 0.6) is 0 Å². The van der Waals surface area contributed by atoms with Crippen LogP contribution < -0.4 is 16.0 Å². The lowest BCUT2D eigenvalue weighted by molar-refractivity contribution is -0.127. The van der Waals surface area contributed by atoms with Gasteiger partial charge in [0.2, 0.25) is 17.7 Å². The third-order valence-electron chi connectivity index (χ3n) is 6.01. The third-order valence-corrected chi connectivity index (χ3v) is 6.01. The molecule has 1 aromatic heterocycles. The third kappa shape index (κ3) is 2.83. The quantitative estimate of drug-likeness (QED) is 0.676. The van der Waals surface area contributed by atoms with Crippen molar-refractivity contribution in [1.82, 2.24) is 9.78 Å². The number of carbonyl (C=O) groups is 3. The van der Waals surface area contributed by atoms with Crippen LogP contribution in [0.3, 0.4) is 0 Å². The number of aromatic nitrogens is 2. The molecule has 2 aromatic carbocycles. The van der Waals surface area contributed by atoms with Gasteiger partial charge in [-0.3, -0.25) is 14.4 Å². The monoisotopic (exact) mass is 415 g/mol. The molecule has 0 bridgehead atoms. The average molecular weight is 415 g/mol. The van der Waals surface area contributed by atoms with Gasteiger partial charge in [-0.1, -0.05) is 48.0 Å². The Morgan fingerprint density at radius 3 is 2.61 bits per heavy atom. The number of para-hydroxylation sites is 1. The Morgan fingerprint density at radius 1 is 1.13 bits per heavy atom. The largest absolute Gasteiger partial charge is 0.368 e. The van der Waals surface area contributed by atoms with Gasteiger partial charge in [-0.05, 0) is 24.1 Å². The highest BCUT2D eigenvalue weighted by molar-refractivity contribution is 6.17. The van der Waals surface area contributed by atoms with Crippen LogP contribution in [0, 0.1) is 6.92 Å². The number of carbonyl (C=O) groups excluding carboxylic acids is 3. The van der Waals surface area contributed by atoms with Gasteiger partial charge in [0.25, 0.3) is 0 Å². The van der Waals surface area contributed by atoms with Gasteiger partial charge >= 0.3 is 0 Å². The number of nitrogens with two attached hydrogens (primary N) is 1. The Balaban J connectivity index is 1.64. The summed E-state index contributed by atoms with van der Waals surface area (Å²) in [6.07, 6.45) is 1.59. The maximum Gasteiger partial charge on any atom is 0.243 e. The van der Waals surface area contributed by atoms with Gasteiger partial charge in [0.1, 0.15) is 17.8 Å². The number of amides is 3. The lowest BCUT2D eigenvalue weighted by atomic mass is 9.72. The number of fused-ring (bicyclic) bond motifs is 4. The van der Waals surface area contributed by atoms with Crippen molar-refractivity contribution >= 4 is 29.2 Å². The van der Waals surface area contributed by atoms with Crippen LogP contribution >= 0.6 is 0 Å². The summed E-state index contributed by atoms with van der Waals surface area (Å²) in [7, 11) is 0. The van der Waals surface area contributed by atoms with Crippen molar-refractivity contribution in [3.63, 3.8) is 0 Å². The number of rotatable bonds is 4. The van der Waals surface area contributed by atoms with Crippen LogP contribution in [-0.2, 0) is 26.3 Å². The minimum atomic E-state index is -1.23. The van der Waals surface area contributed by atoms with E-state index in [4.69, 9.17) is 5.73 Å². The molecule has 3 heterocycles. The summed E-state index contributed by atoms with van der Waals surface area (Å²) in [4.78, 5) is 39.5. The van der Waals surface area contributed by atoms with Crippen molar-refractivity contribution in [2.75, 3.05) is 16.8 Å². The topological polar surface area (TPSA) is 110 Å². The Morgan fingerprint density at radius 2 is 1.87 bits per heavy atom. The second-order valence-corrected chi connectivity index (χ2v) is 8.06. The second kappa shape index (κ2) is 6.80. The first-order valence-corrected chi connectivity index (χ1v) is 10.0. The first-order valence-electron chi connectivity index (χ1n) is 10.0. The zero-order chi connectivity index (χ0) is 21.8.